The normalized spacial score (nSPS) is 10.6. The predicted molar refractivity (Wildman–Crippen MR) is 139 cm³/mol. The first kappa shape index (κ1) is 24.8. The summed E-state index contributed by atoms with van der Waals surface area (Å²) in [6.07, 6.45) is 0.980. The van der Waals surface area contributed by atoms with Crippen molar-refractivity contribution in [3.63, 3.8) is 0 Å². The zero-order valence-electron chi connectivity index (χ0n) is 20.1. The van der Waals surface area contributed by atoms with Gasteiger partial charge in [0.05, 0.1) is 13.2 Å². The molecule has 6 heteroatoms. The molecule has 3 rings (SSSR count). The molecular weight excluding hydrogens is 426 g/mol. The van der Waals surface area contributed by atoms with E-state index in [2.05, 4.69) is 24.5 Å². The lowest BCUT2D eigenvalue weighted by Gasteiger charge is -2.21. The van der Waals surface area contributed by atoms with Crippen LogP contribution in [0.15, 0.2) is 78.9 Å². The molecule has 6 nitrogen and oxygen atoms in total. The fourth-order valence-electron chi connectivity index (χ4n) is 3.40. The Morgan fingerprint density at radius 1 is 0.912 bits per heavy atom. The molecule has 0 aliphatic rings. The highest BCUT2D eigenvalue weighted by Gasteiger charge is 2.15. The lowest BCUT2D eigenvalue weighted by atomic mass is 10.1. The quantitative estimate of drug-likeness (QED) is 0.379. The summed E-state index contributed by atoms with van der Waals surface area (Å²) in [5, 5.41) is 5.98. The number of nitrogens with zero attached hydrogens (tertiary/aromatic N) is 1. The number of ether oxygens (including phenoxy) is 1. The molecule has 3 aromatic carbocycles. The highest BCUT2D eigenvalue weighted by Crippen LogP contribution is 2.19. The van der Waals surface area contributed by atoms with Crippen LogP contribution in [0, 0.1) is 5.92 Å². The first-order valence-corrected chi connectivity index (χ1v) is 11.7. The molecule has 3 aromatic rings. The number of hydrogen-bond donors (Lipinski definition) is 2. The third-order valence-corrected chi connectivity index (χ3v) is 5.30. The van der Waals surface area contributed by atoms with Gasteiger partial charge in [0.25, 0.3) is 5.91 Å². The zero-order chi connectivity index (χ0) is 24.3. The molecule has 0 fully saturated rings. The maximum Gasteiger partial charge on any atom is 0.258 e. The van der Waals surface area contributed by atoms with Crippen LogP contribution >= 0.6 is 0 Å². The summed E-state index contributed by atoms with van der Waals surface area (Å²) in [6, 6.07) is 24.2. The molecule has 0 unspecified atom stereocenters. The van der Waals surface area contributed by atoms with E-state index in [1.165, 1.54) is 0 Å². The topological polar surface area (TPSA) is 70.7 Å². The number of carbonyl (C=O) groups is 2. The van der Waals surface area contributed by atoms with Crippen LogP contribution in [0.2, 0.25) is 0 Å². The molecule has 0 atom stereocenters. The molecule has 0 aliphatic carbocycles. The van der Waals surface area contributed by atoms with E-state index in [1.807, 2.05) is 73.7 Å². The number of amides is 2. The summed E-state index contributed by atoms with van der Waals surface area (Å²) in [6.45, 7) is 7.60. The second kappa shape index (κ2) is 12.4. The van der Waals surface area contributed by atoms with Crippen molar-refractivity contribution in [1.29, 1.82) is 0 Å². The Morgan fingerprint density at radius 3 is 2.32 bits per heavy atom. The van der Waals surface area contributed by atoms with E-state index < -0.39 is 0 Å². The molecular formula is C28H33N3O3. The molecule has 0 heterocycles. The van der Waals surface area contributed by atoms with E-state index in [9.17, 15) is 9.59 Å². The van der Waals surface area contributed by atoms with Crippen molar-refractivity contribution in [3.8, 4) is 5.75 Å². The van der Waals surface area contributed by atoms with Crippen molar-refractivity contribution in [2.45, 2.75) is 27.2 Å². The molecule has 0 aliphatic heterocycles. The number of nitrogens with one attached hydrogen (secondary N) is 2. The van der Waals surface area contributed by atoms with Gasteiger partial charge in [-0.05, 0) is 67.8 Å². The molecule has 0 aromatic heterocycles. The van der Waals surface area contributed by atoms with Gasteiger partial charge in [-0.1, -0.05) is 38.1 Å². The number of rotatable bonds is 11. The zero-order valence-corrected chi connectivity index (χ0v) is 20.1. The van der Waals surface area contributed by atoms with Gasteiger partial charge in [0, 0.05) is 35.2 Å². The van der Waals surface area contributed by atoms with Gasteiger partial charge in [-0.2, -0.15) is 0 Å². The van der Waals surface area contributed by atoms with Gasteiger partial charge in [-0.3, -0.25) is 9.59 Å². The highest BCUT2D eigenvalue weighted by molar-refractivity contribution is 6.06. The van der Waals surface area contributed by atoms with Gasteiger partial charge < -0.3 is 20.3 Å². The Kier molecular flexibility index (Phi) is 9.09. The lowest BCUT2D eigenvalue weighted by Crippen LogP contribution is -2.30. The SMILES string of the molecule is CCN(C(=O)c1ccc(NCC(=O)Nc2cccc(OCCC(C)C)c2)cc1)c1ccccc1. The first-order chi connectivity index (χ1) is 16.5. The predicted octanol–water partition coefficient (Wildman–Crippen LogP) is 5.83. The van der Waals surface area contributed by atoms with Crippen molar-refractivity contribution in [2.75, 3.05) is 35.2 Å². The summed E-state index contributed by atoms with van der Waals surface area (Å²) in [5.74, 6) is 1.09. The van der Waals surface area contributed by atoms with Gasteiger partial charge in [-0.15, -0.1) is 0 Å². The van der Waals surface area contributed by atoms with E-state index in [0.717, 1.165) is 23.5 Å². The number of carbonyl (C=O) groups excluding carboxylic acids is 2. The fourth-order valence-corrected chi connectivity index (χ4v) is 3.40. The molecule has 0 bridgehead atoms. The van der Waals surface area contributed by atoms with Crippen molar-refractivity contribution < 1.29 is 14.3 Å². The Hall–Kier alpha value is -3.80. The van der Waals surface area contributed by atoms with E-state index in [0.29, 0.717) is 30.3 Å². The summed E-state index contributed by atoms with van der Waals surface area (Å²) < 4.78 is 5.75. The van der Waals surface area contributed by atoms with Crippen molar-refractivity contribution >= 4 is 28.9 Å². The molecule has 34 heavy (non-hydrogen) atoms. The van der Waals surface area contributed by atoms with Crippen LogP contribution in [0.3, 0.4) is 0 Å². The van der Waals surface area contributed by atoms with E-state index in [-0.39, 0.29) is 18.4 Å². The number of para-hydroxylation sites is 1. The molecule has 0 saturated carbocycles. The standard InChI is InChI=1S/C28H33N3O3/c1-4-31(25-10-6-5-7-11-25)28(33)22-13-15-23(16-14-22)29-20-27(32)30-24-9-8-12-26(19-24)34-18-17-21(2)3/h5-16,19,21,29H,4,17-18,20H2,1-3H3,(H,30,32). The van der Waals surface area contributed by atoms with Gasteiger partial charge >= 0.3 is 0 Å². The molecule has 178 valence electrons. The van der Waals surface area contributed by atoms with Crippen LogP contribution in [0.1, 0.15) is 37.6 Å². The number of hydrogen-bond acceptors (Lipinski definition) is 4. The lowest BCUT2D eigenvalue weighted by molar-refractivity contribution is -0.114. The molecule has 0 spiro atoms. The maximum absolute atomic E-state index is 12.9. The third kappa shape index (κ3) is 7.37. The van der Waals surface area contributed by atoms with E-state index in [1.54, 1.807) is 17.0 Å². The van der Waals surface area contributed by atoms with Crippen molar-refractivity contribution in [3.05, 3.63) is 84.4 Å². The average Bonchev–Trinajstić information content (AvgIpc) is 2.84. The maximum atomic E-state index is 12.9. The summed E-state index contributed by atoms with van der Waals surface area (Å²) in [7, 11) is 0. The second-order valence-electron chi connectivity index (χ2n) is 8.42. The van der Waals surface area contributed by atoms with Crippen LogP contribution in [0.5, 0.6) is 5.75 Å². The summed E-state index contributed by atoms with van der Waals surface area (Å²) in [5.41, 5.74) is 2.91. The largest absolute Gasteiger partial charge is 0.494 e. The minimum absolute atomic E-state index is 0.0616. The fraction of sp³-hybridized carbons (Fsp3) is 0.286. The smallest absolute Gasteiger partial charge is 0.258 e. The molecule has 2 amide bonds. The minimum Gasteiger partial charge on any atom is -0.494 e. The van der Waals surface area contributed by atoms with Crippen LogP contribution in [0.25, 0.3) is 0 Å². The Bertz CT molecular complexity index is 1070. The van der Waals surface area contributed by atoms with Crippen LogP contribution in [0.4, 0.5) is 17.1 Å². The van der Waals surface area contributed by atoms with Crippen LogP contribution in [-0.4, -0.2) is 31.5 Å². The average molecular weight is 460 g/mol. The van der Waals surface area contributed by atoms with Crippen molar-refractivity contribution in [1.82, 2.24) is 0 Å². The highest BCUT2D eigenvalue weighted by atomic mass is 16.5. The summed E-state index contributed by atoms with van der Waals surface area (Å²) in [4.78, 5) is 27.0. The monoisotopic (exact) mass is 459 g/mol. The third-order valence-electron chi connectivity index (χ3n) is 5.30. The van der Waals surface area contributed by atoms with Gasteiger partial charge in [0.2, 0.25) is 5.91 Å². The van der Waals surface area contributed by atoms with Crippen LogP contribution in [-0.2, 0) is 4.79 Å². The Balaban J connectivity index is 1.51. The van der Waals surface area contributed by atoms with Gasteiger partial charge in [0.15, 0.2) is 0 Å². The Morgan fingerprint density at radius 2 is 1.65 bits per heavy atom. The second-order valence-corrected chi connectivity index (χ2v) is 8.42. The van der Waals surface area contributed by atoms with E-state index in [4.69, 9.17) is 4.74 Å². The minimum atomic E-state index is -0.166. The molecule has 0 radical (unpaired) electrons. The molecule has 2 N–H and O–H groups in total. The number of anilines is 3. The van der Waals surface area contributed by atoms with Gasteiger partial charge in [0.1, 0.15) is 5.75 Å². The van der Waals surface area contributed by atoms with Gasteiger partial charge in [-0.25, -0.2) is 0 Å². The number of benzene rings is 3. The summed E-state index contributed by atoms with van der Waals surface area (Å²) >= 11 is 0. The Labute approximate surface area is 201 Å². The molecule has 0 saturated heterocycles. The van der Waals surface area contributed by atoms with Crippen molar-refractivity contribution in [2.24, 2.45) is 5.92 Å². The van der Waals surface area contributed by atoms with E-state index >= 15 is 0 Å². The first-order valence-electron chi connectivity index (χ1n) is 11.7. The van der Waals surface area contributed by atoms with Crippen LogP contribution < -0.4 is 20.3 Å².